The summed E-state index contributed by atoms with van der Waals surface area (Å²) in [6, 6.07) is 15.9. The van der Waals surface area contributed by atoms with Gasteiger partial charge in [-0.15, -0.1) is 0 Å². The molecule has 1 heteroatoms. The van der Waals surface area contributed by atoms with Gasteiger partial charge in [0.1, 0.15) is 0 Å². The van der Waals surface area contributed by atoms with Crippen LogP contribution in [0.25, 0.3) is 0 Å². The molecule has 1 nitrogen and oxygen atoms in total. The third kappa shape index (κ3) is 2.87. The molecule has 3 rings (SSSR count). The lowest BCUT2D eigenvalue weighted by Gasteiger charge is -2.25. The maximum absolute atomic E-state index is 2.40. The smallest absolute Gasteiger partial charge is 0.0233 e. The Morgan fingerprint density at radius 1 is 0.947 bits per heavy atom. The van der Waals surface area contributed by atoms with Gasteiger partial charge in [0.2, 0.25) is 0 Å². The van der Waals surface area contributed by atoms with Crippen molar-refractivity contribution in [1.82, 2.24) is 4.90 Å². The highest BCUT2D eigenvalue weighted by Gasteiger charge is 2.13. The van der Waals surface area contributed by atoms with Crippen molar-refractivity contribution in [2.45, 2.75) is 26.3 Å². The average Bonchev–Trinajstić information content (AvgIpc) is 2.42. The quantitative estimate of drug-likeness (QED) is 0.788. The maximum atomic E-state index is 2.40. The molecule has 0 bridgehead atoms. The molecule has 1 heterocycles. The minimum Gasteiger partial charge on any atom is -0.302 e. The van der Waals surface area contributed by atoms with Gasteiger partial charge in [0, 0.05) is 13.1 Å². The van der Waals surface area contributed by atoms with E-state index in [0.717, 1.165) is 13.0 Å². The van der Waals surface area contributed by atoms with Crippen molar-refractivity contribution in [1.29, 1.82) is 0 Å². The van der Waals surface area contributed by atoms with Gasteiger partial charge in [-0.2, -0.15) is 0 Å². The van der Waals surface area contributed by atoms with E-state index in [2.05, 4.69) is 61.3 Å². The number of hydrogen-bond acceptors (Lipinski definition) is 1. The summed E-state index contributed by atoms with van der Waals surface area (Å²) in [4.78, 5) is 2.39. The third-order valence-electron chi connectivity index (χ3n) is 4.00. The van der Waals surface area contributed by atoms with Crippen molar-refractivity contribution in [2.75, 3.05) is 13.6 Å². The molecule has 0 unspecified atom stereocenters. The zero-order chi connectivity index (χ0) is 13.2. The van der Waals surface area contributed by atoms with Crippen molar-refractivity contribution in [3.8, 4) is 0 Å². The molecule has 0 saturated heterocycles. The van der Waals surface area contributed by atoms with E-state index < -0.39 is 0 Å². The highest BCUT2D eigenvalue weighted by atomic mass is 15.1. The van der Waals surface area contributed by atoms with Gasteiger partial charge in [0.05, 0.1) is 0 Å². The molecule has 2 aromatic carbocycles. The monoisotopic (exact) mass is 251 g/mol. The molecule has 0 aliphatic carbocycles. The molecular formula is C18H21N. The lowest BCUT2D eigenvalue weighted by Crippen LogP contribution is -2.26. The Kier molecular flexibility index (Phi) is 3.39. The Balaban J connectivity index is 1.80. The first-order chi connectivity index (χ1) is 9.20. The highest BCUT2D eigenvalue weighted by Crippen LogP contribution is 2.21. The van der Waals surface area contributed by atoms with Gasteiger partial charge in [0.25, 0.3) is 0 Å². The summed E-state index contributed by atoms with van der Waals surface area (Å²) in [7, 11) is 2.20. The van der Waals surface area contributed by atoms with Crippen LogP contribution in [0, 0.1) is 6.92 Å². The summed E-state index contributed by atoms with van der Waals surface area (Å²) in [5.41, 5.74) is 7.21. The Labute approximate surface area is 115 Å². The topological polar surface area (TPSA) is 3.24 Å². The molecule has 0 aromatic heterocycles. The lowest BCUT2D eigenvalue weighted by molar-refractivity contribution is 0.313. The van der Waals surface area contributed by atoms with Crippen molar-refractivity contribution in [3.63, 3.8) is 0 Å². The molecule has 0 atom stereocenters. The number of aryl methyl sites for hydroxylation is 1. The van der Waals surface area contributed by atoms with Crippen LogP contribution in [-0.2, 0) is 19.4 Å². The molecule has 98 valence electrons. The van der Waals surface area contributed by atoms with Crippen LogP contribution in [-0.4, -0.2) is 18.5 Å². The van der Waals surface area contributed by atoms with E-state index >= 15 is 0 Å². The lowest BCUT2D eigenvalue weighted by atomic mass is 9.95. The second-order valence-corrected chi connectivity index (χ2v) is 5.75. The van der Waals surface area contributed by atoms with Crippen LogP contribution in [0.4, 0.5) is 0 Å². The van der Waals surface area contributed by atoms with Crippen LogP contribution in [0.5, 0.6) is 0 Å². The summed E-state index contributed by atoms with van der Waals surface area (Å²) < 4.78 is 0. The zero-order valence-electron chi connectivity index (χ0n) is 11.8. The van der Waals surface area contributed by atoms with Crippen LogP contribution < -0.4 is 0 Å². The minimum absolute atomic E-state index is 1.05. The Bertz CT molecular complexity index is 569. The standard InChI is InChI=1S/C18H21N/c1-14-3-5-15(6-4-14)11-16-7-8-18-13-19(2)10-9-17(18)12-16/h3-8,12H,9-11,13H2,1-2H3. The Hall–Kier alpha value is -1.60. The van der Waals surface area contributed by atoms with E-state index in [0.29, 0.717) is 0 Å². The molecule has 1 aliphatic rings. The van der Waals surface area contributed by atoms with Gasteiger partial charge < -0.3 is 4.90 Å². The number of hydrogen-bond donors (Lipinski definition) is 0. The van der Waals surface area contributed by atoms with Crippen molar-refractivity contribution < 1.29 is 0 Å². The second kappa shape index (κ2) is 5.18. The van der Waals surface area contributed by atoms with Crippen LogP contribution in [0.1, 0.15) is 27.8 Å². The molecule has 0 fully saturated rings. The van der Waals surface area contributed by atoms with Gasteiger partial charge in [-0.3, -0.25) is 0 Å². The summed E-state index contributed by atoms with van der Waals surface area (Å²) in [6.07, 6.45) is 2.23. The predicted octanol–water partition coefficient (Wildman–Crippen LogP) is 3.57. The summed E-state index contributed by atoms with van der Waals surface area (Å²) in [6.45, 7) is 4.42. The van der Waals surface area contributed by atoms with Crippen LogP contribution in [0.15, 0.2) is 42.5 Å². The minimum atomic E-state index is 1.05. The molecule has 0 radical (unpaired) electrons. The SMILES string of the molecule is Cc1ccc(Cc2ccc3c(c2)CCN(C)C3)cc1. The van der Waals surface area contributed by atoms with E-state index in [4.69, 9.17) is 0 Å². The predicted molar refractivity (Wildman–Crippen MR) is 80.5 cm³/mol. The van der Waals surface area contributed by atoms with E-state index in [-0.39, 0.29) is 0 Å². The number of benzene rings is 2. The van der Waals surface area contributed by atoms with Gasteiger partial charge >= 0.3 is 0 Å². The van der Waals surface area contributed by atoms with Crippen LogP contribution >= 0.6 is 0 Å². The molecule has 0 amide bonds. The van der Waals surface area contributed by atoms with Crippen molar-refractivity contribution in [3.05, 3.63) is 70.3 Å². The number of nitrogens with zero attached hydrogens (tertiary/aromatic N) is 1. The van der Waals surface area contributed by atoms with Crippen molar-refractivity contribution in [2.24, 2.45) is 0 Å². The normalized spacial score (nSPS) is 15.3. The highest BCUT2D eigenvalue weighted by molar-refractivity contribution is 5.36. The fourth-order valence-corrected chi connectivity index (χ4v) is 2.80. The fourth-order valence-electron chi connectivity index (χ4n) is 2.80. The maximum Gasteiger partial charge on any atom is 0.0233 e. The Morgan fingerprint density at radius 3 is 2.47 bits per heavy atom. The zero-order valence-corrected chi connectivity index (χ0v) is 11.8. The van der Waals surface area contributed by atoms with E-state index in [9.17, 15) is 0 Å². The summed E-state index contributed by atoms with van der Waals surface area (Å²) in [5.74, 6) is 0. The molecule has 1 aliphatic heterocycles. The average molecular weight is 251 g/mol. The Morgan fingerprint density at radius 2 is 1.68 bits per heavy atom. The molecule has 19 heavy (non-hydrogen) atoms. The van der Waals surface area contributed by atoms with E-state index in [1.54, 1.807) is 5.56 Å². The third-order valence-corrected chi connectivity index (χ3v) is 4.00. The summed E-state index contributed by atoms with van der Waals surface area (Å²) in [5, 5.41) is 0. The second-order valence-electron chi connectivity index (χ2n) is 5.75. The van der Waals surface area contributed by atoms with Gasteiger partial charge in [-0.05, 0) is 49.1 Å². The number of rotatable bonds is 2. The van der Waals surface area contributed by atoms with Crippen molar-refractivity contribution >= 4 is 0 Å². The molecule has 0 saturated carbocycles. The van der Waals surface area contributed by atoms with E-state index in [1.807, 2.05) is 0 Å². The largest absolute Gasteiger partial charge is 0.302 e. The first-order valence-corrected chi connectivity index (χ1v) is 7.05. The molecule has 0 spiro atoms. The van der Waals surface area contributed by atoms with Gasteiger partial charge in [-0.1, -0.05) is 48.0 Å². The first-order valence-electron chi connectivity index (χ1n) is 7.05. The molecule has 2 aromatic rings. The van der Waals surface area contributed by atoms with Crippen LogP contribution in [0.2, 0.25) is 0 Å². The van der Waals surface area contributed by atoms with Gasteiger partial charge in [0.15, 0.2) is 0 Å². The summed E-state index contributed by atoms with van der Waals surface area (Å²) >= 11 is 0. The van der Waals surface area contributed by atoms with E-state index in [1.165, 1.54) is 35.2 Å². The number of fused-ring (bicyclic) bond motifs is 1. The van der Waals surface area contributed by atoms with Crippen LogP contribution in [0.3, 0.4) is 0 Å². The van der Waals surface area contributed by atoms with Gasteiger partial charge in [-0.25, -0.2) is 0 Å². The fraction of sp³-hybridized carbons (Fsp3) is 0.333. The number of likely N-dealkylation sites (N-methyl/N-ethyl adjacent to an activating group) is 1. The molecular weight excluding hydrogens is 230 g/mol. The first kappa shape index (κ1) is 12.4. The molecule has 0 N–H and O–H groups in total.